The molecule has 0 aliphatic heterocycles. The van der Waals surface area contributed by atoms with Gasteiger partial charge in [-0.2, -0.15) is 0 Å². The third-order valence-corrected chi connectivity index (χ3v) is 4.12. The van der Waals surface area contributed by atoms with Gasteiger partial charge in [-0.1, -0.05) is 31.7 Å². The number of carbonyl (C=O) groups excluding carboxylic acids is 1. The second kappa shape index (κ2) is 6.70. The summed E-state index contributed by atoms with van der Waals surface area (Å²) >= 11 is 0. The van der Waals surface area contributed by atoms with Gasteiger partial charge in [-0.05, 0) is 31.0 Å². The van der Waals surface area contributed by atoms with Gasteiger partial charge in [0, 0.05) is 12.1 Å². The average Bonchev–Trinajstić information content (AvgIpc) is 2.65. The quantitative estimate of drug-likeness (QED) is 0.834. The van der Waals surface area contributed by atoms with Crippen molar-refractivity contribution in [3.05, 3.63) is 30.1 Å². The van der Waals surface area contributed by atoms with Crippen LogP contribution in [-0.2, 0) is 9.59 Å². The Morgan fingerprint density at radius 1 is 1.19 bits per heavy atom. The van der Waals surface area contributed by atoms with Crippen molar-refractivity contribution in [3.63, 3.8) is 0 Å². The molecule has 1 aliphatic carbocycles. The van der Waals surface area contributed by atoms with Crippen molar-refractivity contribution >= 4 is 17.6 Å². The molecule has 0 radical (unpaired) electrons. The summed E-state index contributed by atoms with van der Waals surface area (Å²) in [7, 11) is 0. The minimum Gasteiger partial charge on any atom is -0.481 e. The number of hydrogen-bond acceptors (Lipinski definition) is 2. The highest BCUT2D eigenvalue weighted by molar-refractivity contribution is 5.94. The number of rotatable bonds is 4. The van der Waals surface area contributed by atoms with Crippen LogP contribution in [0.3, 0.4) is 0 Å². The van der Waals surface area contributed by atoms with E-state index in [1.807, 2.05) is 0 Å². The fourth-order valence-corrected chi connectivity index (χ4v) is 2.95. The molecule has 5 heteroatoms. The van der Waals surface area contributed by atoms with Crippen molar-refractivity contribution in [1.82, 2.24) is 0 Å². The molecule has 0 unspecified atom stereocenters. The molecule has 0 saturated heterocycles. The number of halogens is 1. The summed E-state index contributed by atoms with van der Waals surface area (Å²) in [4.78, 5) is 23.7. The van der Waals surface area contributed by atoms with Crippen molar-refractivity contribution < 1.29 is 19.1 Å². The Kier molecular flexibility index (Phi) is 4.94. The first-order valence-electron chi connectivity index (χ1n) is 7.31. The Labute approximate surface area is 123 Å². The Morgan fingerprint density at radius 2 is 1.86 bits per heavy atom. The predicted octanol–water partition coefficient (Wildman–Crippen LogP) is 3.58. The Balaban J connectivity index is 2.06. The van der Waals surface area contributed by atoms with E-state index in [-0.39, 0.29) is 12.3 Å². The van der Waals surface area contributed by atoms with Crippen molar-refractivity contribution in [2.75, 3.05) is 5.32 Å². The fraction of sp³-hybridized carbons (Fsp3) is 0.500. The monoisotopic (exact) mass is 293 g/mol. The lowest BCUT2D eigenvalue weighted by atomic mass is 9.77. The summed E-state index contributed by atoms with van der Waals surface area (Å²) in [5.41, 5.74) is -0.623. The molecule has 0 atom stereocenters. The van der Waals surface area contributed by atoms with Gasteiger partial charge in [0.15, 0.2) is 0 Å². The second-order valence-electron chi connectivity index (χ2n) is 5.73. The summed E-state index contributed by atoms with van der Waals surface area (Å²) < 4.78 is 13.1. The van der Waals surface area contributed by atoms with Crippen LogP contribution < -0.4 is 5.32 Å². The number of anilines is 1. The van der Waals surface area contributed by atoms with Gasteiger partial charge in [-0.3, -0.25) is 9.59 Å². The zero-order valence-corrected chi connectivity index (χ0v) is 11.9. The van der Waals surface area contributed by atoms with E-state index in [9.17, 15) is 19.1 Å². The topological polar surface area (TPSA) is 66.4 Å². The van der Waals surface area contributed by atoms with Crippen LogP contribution in [0.4, 0.5) is 10.1 Å². The molecule has 2 rings (SSSR count). The Morgan fingerprint density at radius 3 is 2.43 bits per heavy atom. The molecule has 1 aromatic rings. The lowest BCUT2D eigenvalue weighted by molar-refractivity contribution is -0.152. The average molecular weight is 293 g/mol. The molecule has 0 bridgehead atoms. The molecular formula is C16H20FNO3. The normalized spacial score (nSPS) is 17.8. The number of hydrogen-bond donors (Lipinski definition) is 2. The van der Waals surface area contributed by atoms with Crippen LogP contribution in [0.5, 0.6) is 0 Å². The van der Waals surface area contributed by atoms with Gasteiger partial charge in [0.2, 0.25) is 5.91 Å². The maximum absolute atomic E-state index is 13.1. The molecular weight excluding hydrogens is 273 g/mol. The molecule has 0 heterocycles. The number of carboxylic acids is 1. The molecule has 0 spiro atoms. The van der Waals surface area contributed by atoms with Gasteiger partial charge < -0.3 is 10.4 Å². The van der Waals surface area contributed by atoms with Gasteiger partial charge >= 0.3 is 5.97 Å². The first-order chi connectivity index (χ1) is 10.0. The first-order valence-corrected chi connectivity index (χ1v) is 7.31. The molecule has 1 saturated carbocycles. The molecule has 0 aromatic heterocycles. The smallest absolute Gasteiger partial charge is 0.310 e. The van der Waals surface area contributed by atoms with E-state index in [4.69, 9.17) is 0 Å². The summed E-state index contributed by atoms with van der Waals surface area (Å²) in [6, 6.07) is 5.60. The first kappa shape index (κ1) is 15.5. The predicted molar refractivity (Wildman–Crippen MR) is 77.4 cm³/mol. The van der Waals surface area contributed by atoms with Crippen LogP contribution in [0, 0.1) is 11.2 Å². The molecule has 1 aliphatic rings. The summed E-state index contributed by atoms with van der Waals surface area (Å²) in [5, 5.41) is 12.1. The minimum absolute atomic E-state index is 0.0567. The maximum atomic E-state index is 13.1. The minimum atomic E-state index is -0.978. The van der Waals surface area contributed by atoms with Gasteiger partial charge in [0.25, 0.3) is 0 Å². The van der Waals surface area contributed by atoms with Gasteiger partial charge in [0.05, 0.1) is 5.41 Å². The van der Waals surface area contributed by atoms with Gasteiger partial charge in [0.1, 0.15) is 5.82 Å². The number of aliphatic carboxylic acids is 1. The number of benzene rings is 1. The SMILES string of the molecule is O=C(CC1(C(=O)O)CCCCCC1)Nc1cccc(F)c1. The van der Waals surface area contributed by atoms with Crippen molar-refractivity contribution in [3.8, 4) is 0 Å². The fourth-order valence-electron chi connectivity index (χ4n) is 2.95. The summed E-state index contributed by atoms with van der Waals surface area (Å²) in [6.45, 7) is 0. The zero-order valence-electron chi connectivity index (χ0n) is 11.9. The Bertz CT molecular complexity index is 522. The molecule has 4 nitrogen and oxygen atoms in total. The third kappa shape index (κ3) is 4.03. The van der Waals surface area contributed by atoms with E-state index in [2.05, 4.69) is 5.32 Å². The lowest BCUT2D eigenvalue weighted by Gasteiger charge is -2.27. The second-order valence-corrected chi connectivity index (χ2v) is 5.73. The number of carbonyl (C=O) groups is 2. The van der Waals surface area contributed by atoms with Crippen molar-refractivity contribution in [2.24, 2.45) is 5.41 Å². The summed E-state index contributed by atoms with van der Waals surface area (Å²) in [6.07, 6.45) is 4.69. The summed E-state index contributed by atoms with van der Waals surface area (Å²) in [5.74, 6) is -1.71. The highest BCUT2D eigenvalue weighted by atomic mass is 19.1. The molecule has 1 amide bonds. The van der Waals surface area contributed by atoms with Crippen LogP contribution in [0.2, 0.25) is 0 Å². The number of nitrogens with one attached hydrogen (secondary N) is 1. The standard InChI is InChI=1S/C16H20FNO3/c17-12-6-5-7-13(10-12)18-14(19)11-16(15(20)21)8-3-1-2-4-9-16/h5-7,10H,1-4,8-9,11H2,(H,18,19)(H,20,21). The zero-order chi connectivity index (χ0) is 15.3. The van der Waals surface area contributed by atoms with Crippen LogP contribution in [0.15, 0.2) is 24.3 Å². The number of amides is 1. The molecule has 1 aromatic carbocycles. The van der Waals surface area contributed by atoms with Crippen molar-refractivity contribution in [2.45, 2.75) is 44.9 Å². The number of carboxylic acid groups (broad SMARTS) is 1. The van der Waals surface area contributed by atoms with Gasteiger partial charge in [-0.25, -0.2) is 4.39 Å². The third-order valence-electron chi connectivity index (χ3n) is 4.12. The van der Waals surface area contributed by atoms with Crippen molar-refractivity contribution in [1.29, 1.82) is 0 Å². The van der Waals surface area contributed by atoms with E-state index in [0.29, 0.717) is 18.5 Å². The Hall–Kier alpha value is -1.91. The van der Waals surface area contributed by atoms with Gasteiger partial charge in [-0.15, -0.1) is 0 Å². The molecule has 21 heavy (non-hydrogen) atoms. The van der Waals surface area contributed by atoms with E-state index in [1.54, 1.807) is 6.07 Å². The lowest BCUT2D eigenvalue weighted by Crippen LogP contribution is -2.35. The van der Waals surface area contributed by atoms with Crippen LogP contribution >= 0.6 is 0 Å². The molecule has 1 fully saturated rings. The highest BCUT2D eigenvalue weighted by Crippen LogP contribution is 2.38. The van der Waals surface area contributed by atoms with E-state index in [0.717, 1.165) is 25.7 Å². The largest absolute Gasteiger partial charge is 0.481 e. The van der Waals surface area contributed by atoms with E-state index in [1.165, 1.54) is 18.2 Å². The highest BCUT2D eigenvalue weighted by Gasteiger charge is 2.40. The van der Waals surface area contributed by atoms with E-state index < -0.39 is 17.2 Å². The molecule has 2 N–H and O–H groups in total. The van der Waals surface area contributed by atoms with Crippen LogP contribution in [0.25, 0.3) is 0 Å². The molecule has 114 valence electrons. The van der Waals surface area contributed by atoms with E-state index >= 15 is 0 Å². The maximum Gasteiger partial charge on any atom is 0.310 e. The van der Waals surface area contributed by atoms with Crippen LogP contribution in [-0.4, -0.2) is 17.0 Å². The van der Waals surface area contributed by atoms with Crippen LogP contribution in [0.1, 0.15) is 44.9 Å².